The first-order valence-electron chi connectivity index (χ1n) is 8.80. The highest BCUT2D eigenvalue weighted by atomic mass is 31.0. The second-order valence-corrected chi connectivity index (χ2v) is 7.04. The molecule has 4 aliphatic rings. The number of rotatable bonds is 0. The lowest BCUT2D eigenvalue weighted by Crippen LogP contribution is -2.24. The van der Waals surface area contributed by atoms with Crippen molar-refractivity contribution < 1.29 is 0 Å². The summed E-state index contributed by atoms with van der Waals surface area (Å²) in [5.74, 6) is 0. The second kappa shape index (κ2) is 5.40. The summed E-state index contributed by atoms with van der Waals surface area (Å²) in [6.45, 7) is 0. The molecule has 0 heterocycles. The third-order valence-electron chi connectivity index (χ3n) is 5.82. The van der Waals surface area contributed by atoms with Crippen molar-refractivity contribution in [3.63, 3.8) is 0 Å². The molecule has 1 spiro atoms. The molecule has 0 saturated heterocycles. The zero-order valence-electron chi connectivity index (χ0n) is 14.4. The minimum absolute atomic E-state index is 0. The quantitative estimate of drug-likeness (QED) is 0.501. The summed E-state index contributed by atoms with van der Waals surface area (Å²) in [6.07, 6.45) is 18.4. The Hall–Kier alpha value is -2.69. The lowest BCUT2D eigenvalue weighted by atomic mass is 9.65. The smallest absolute Gasteiger partial charge is 0.0581 e. The van der Waals surface area contributed by atoms with Crippen molar-refractivity contribution in [1.82, 2.24) is 0 Å². The molecule has 26 heavy (non-hydrogen) atoms. The van der Waals surface area contributed by atoms with Gasteiger partial charge in [0.25, 0.3) is 0 Å². The van der Waals surface area contributed by atoms with Gasteiger partial charge in [-0.25, -0.2) is 0 Å². The molecule has 1 heteroatoms. The average molecular weight is 350 g/mol. The van der Waals surface area contributed by atoms with Gasteiger partial charge in [-0.1, -0.05) is 85.0 Å². The maximum Gasteiger partial charge on any atom is 0.0581 e. The molecule has 0 aromatic heterocycles. The van der Waals surface area contributed by atoms with Crippen LogP contribution in [-0.4, -0.2) is 0 Å². The van der Waals surface area contributed by atoms with Gasteiger partial charge in [0.15, 0.2) is 0 Å². The average Bonchev–Trinajstić information content (AvgIpc) is 3.23. The predicted molar refractivity (Wildman–Crippen MR) is 117 cm³/mol. The van der Waals surface area contributed by atoms with E-state index in [1.54, 1.807) is 0 Å². The van der Waals surface area contributed by atoms with Crippen LogP contribution in [0.15, 0.2) is 96.1 Å². The van der Waals surface area contributed by atoms with Crippen molar-refractivity contribution in [2.45, 2.75) is 0 Å². The van der Waals surface area contributed by atoms with E-state index in [-0.39, 0.29) is 15.3 Å². The van der Waals surface area contributed by atoms with Gasteiger partial charge in [0.05, 0.1) is 5.41 Å². The summed E-state index contributed by atoms with van der Waals surface area (Å²) >= 11 is 0. The van der Waals surface area contributed by atoms with Crippen molar-refractivity contribution in [2.24, 2.45) is 5.41 Å². The topological polar surface area (TPSA) is 0 Å². The Kier molecular flexibility index (Phi) is 3.23. The maximum absolute atomic E-state index is 2.38. The van der Waals surface area contributed by atoms with Crippen molar-refractivity contribution >= 4 is 33.2 Å². The van der Waals surface area contributed by atoms with E-state index in [4.69, 9.17) is 0 Å². The van der Waals surface area contributed by atoms with Gasteiger partial charge in [0, 0.05) is 0 Å². The van der Waals surface area contributed by atoms with Crippen LogP contribution >= 0.6 is 9.90 Å². The predicted octanol–water partition coefficient (Wildman–Crippen LogP) is 6.13. The Morgan fingerprint density at radius 2 is 1.04 bits per heavy atom. The zero-order chi connectivity index (χ0) is 16.4. The zero-order valence-corrected chi connectivity index (χ0v) is 15.9. The first-order chi connectivity index (χ1) is 12.4. The van der Waals surface area contributed by atoms with Gasteiger partial charge in [-0.05, 0) is 56.7 Å². The van der Waals surface area contributed by atoms with Gasteiger partial charge in [-0.2, -0.15) is 9.90 Å². The largest absolute Gasteiger partial charge is 0.153 e. The number of benzene rings is 2. The van der Waals surface area contributed by atoms with Crippen LogP contribution in [0.3, 0.4) is 0 Å². The summed E-state index contributed by atoms with van der Waals surface area (Å²) in [5.41, 5.74) is 10.7. The summed E-state index contributed by atoms with van der Waals surface area (Å²) in [5, 5.41) is 0. The highest BCUT2D eigenvalue weighted by molar-refractivity contribution is 6.92. The number of hydrogen-bond donors (Lipinski definition) is 0. The number of fused-ring (bicyclic) bond motifs is 8. The Morgan fingerprint density at radius 1 is 0.577 bits per heavy atom. The lowest BCUT2D eigenvalue weighted by molar-refractivity contribution is 0.754. The maximum atomic E-state index is 2.38. The van der Waals surface area contributed by atoms with E-state index >= 15 is 0 Å². The minimum Gasteiger partial charge on any atom is -0.153 e. The first kappa shape index (κ1) is 15.6. The number of hydrogen-bond acceptors (Lipinski definition) is 0. The molecule has 2 aromatic rings. The summed E-state index contributed by atoms with van der Waals surface area (Å²) in [7, 11) is 0. The molecular weight excluding hydrogens is 331 g/mol. The van der Waals surface area contributed by atoms with Crippen LogP contribution in [0.5, 0.6) is 0 Å². The lowest BCUT2D eigenvalue weighted by Gasteiger charge is -2.36. The van der Waals surface area contributed by atoms with Crippen LogP contribution in [0.1, 0.15) is 22.3 Å². The molecule has 0 aliphatic heterocycles. The second-order valence-electron chi connectivity index (χ2n) is 7.04. The van der Waals surface area contributed by atoms with Gasteiger partial charge in [0.2, 0.25) is 0 Å². The van der Waals surface area contributed by atoms with Gasteiger partial charge in [-0.3, -0.25) is 0 Å². The van der Waals surface area contributed by atoms with E-state index in [1.807, 2.05) is 0 Å². The third kappa shape index (κ3) is 1.83. The van der Waals surface area contributed by atoms with Crippen LogP contribution in [0, 0.1) is 5.41 Å². The Labute approximate surface area is 157 Å². The van der Waals surface area contributed by atoms with Crippen LogP contribution in [0.4, 0.5) is 0 Å². The molecule has 0 nitrogen and oxygen atoms in total. The van der Waals surface area contributed by atoms with E-state index in [9.17, 15) is 0 Å². The van der Waals surface area contributed by atoms with E-state index in [0.29, 0.717) is 0 Å². The standard InChI is InChI=1S/C25H16.H3P/c1-3-9-19-17(7-1)15-23-21(19)11-5-13-25(23)14-6-12-22-20-10-4-2-8-18(20)16-24(22)25;/h1-16H;1H3. The Balaban J connectivity index is 0.00000150. The molecular formula is C25H19P. The molecule has 4 aliphatic carbocycles. The van der Waals surface area contributed by atoms with E-state index in [1.165, 1.54) is 44.5 Å². The normalized spacial score (nSPS) is 19.4. The van der Waals surface area contributed by atoms with E-state index in [2.05, 4.69) is 97.1 Å². The SMILES string of the molecule is C1=CC2(C=CC=C3C2=Cc2ccccc23)C2=Cc3ccccc3C2=C1.P. The van der Waals surface area contributed by atoms with Gasteiger partial charge in [0.1, 0.15) is 0 Å². The fraction of sp³-hybridized carbons (Fsp3) is 0.0400. The van der Waals surface area contributed by atoms with Crippen LogP contribution < -0.4 is 0 Å². The molecule has 0 saturated carbocycles. The van der Waals surface area contributed by atoms with Crippen molar-refractivity contribution in [3.8, 4) is 0 Å². The molecule has 2 aromatic carbocycles. The Morgan fingerprint density at radius 3 is 1.54 bits per heavy atom. The van der Waals surface area contributed by atoms with Crippen molar-refractivity contribution in [2.75, 3.05) is 0 Å². The van der Waals surface area contributed by atoms with Crippen LogP contribution in [0.25, 0.3) is 23.3 Å². The van der Waals surface area contributed by atoms with Gasteiger partial charge < -0.3 is 0 Å². The third-order valence-corrected chi connectivity index (χ3v) is 5.82. The molecule has 0 amide bonds. The van der Waals surface area contributed by atoms with Crippen molar-refractivity contribution in [1.29, 1.82) is 0 Å². The highest BCUT2D eigenvalue weighted by Gasteiger charge is 2.43. The molecule has 0 radical (unpaired) electrons. The van der Waals surface area contributed by atoms with Gasteiger partial charge in [-0.15, -0.1) is 0 Å². The molecule has 0 bridgehead atoms. The van der Waals surface area contributed by atoms with E-state index in [0.717, 1.165) is 0 Å². The number of allylic oxidation sites excluding steroid dienone is 10. The first-order valence-corrected chi connectivity index (χ1v) is 8.80. The summed E-state index contributed by atoms with van der Waals surface area (Å²) < 4.78 is 0. The molecule has 1 atom stereocenters. The minimum atomic E-state index is -0.161. The molecule has 0 N–H and O–H groups in total. The van der Waals surface area contributed by atoms with Crippen LogP contribution in [-0.2, 0) is 0 Å². The molecule has 6 rings (SSSR count). The molecule has 124 valence electrons. The van der Waals surface area contributed by atoms with Crippen molar-refractivity contribution in [3.05, 3.63) is 118 Å². The van der Waals surface area contributed by atoms with Gasteiger partial charge >= 0.3 is 0 Å². The summed E-state index contributed by atoms with van der Waals surface area (Å²) in [6, 6.07) is 17.4. The van der Waals surface area contributed by atoms with E-state index < -0.39 is 0 Å². The summed E-state index contributed by atoms with van der Waals surface area (Å²) in [4.78, 5) is 0. The van der Waals surface area contributed by atoms with Crippen LogP contribution in [0.2, 0.25) is 0 Å². The molecule has 0 fully saturated rings. The fourth-order valence-electron chi connectivity index (χ4n) is 4.69. The Bertz CT molecular complexity index is 1040. The highest BCUT2D eigenvalue weighted by Crippen LogP contribution is 2.58. The fourth-order valence-corrected chi connectivity index (χ4v) is 4.69. The molecule has 1 unspecified atom stereocenters. The monoisotopic (exact) mass is 350 g/mol.